The van der Waals surface area contributed by atoms with Gasteiger partial charge in [0.1, 0.15) is 5.82 Å². The predicted octanol–water partition coefficient (Wildman–Crippen LogP) is 2.44. The second-order valence-corrected chi connectivity index (χ2v) is 8.69. The first kappa shape index (κ1) is 23.8. The first-order valence-electron chi connectivity index (χ1n) is 10.7. The summed E-state index contributed by atoms with van der Waals surface area (Å²) in [6.45, 7) is 4.62. The molecule has 0 bridgehead atoms. The second kappa shape index (κ2) is 9.71. The van der Waals surface area contributed by atoms with Crippen molar-refractivity contribution in [3.05, 3.63) is 36.0 Å². The monoisotopic (exact) mass is 467 g/mol. The van der Waals surface area contributed by atoms with E-state index in [1.165, 1.54) is 12.8 Å². The zero-order chi connectivity index (χ0) is 19.8. The Hall–Kier alpha value is -1.90. The predicted molar refractivity (Wildman–Crippen MR) is 124 cm³/mol. The first-order valence-corrected chi connectivity index (χ1v) is 10.7. The Kier molecular flexibility index (Phi) is 7.44. The lowest BCUT2D eigenvalue weighted by atomic mass is 9.93. The number of halogens is 2. The quantitative estimate of drug-likeness (QED) is 0.727. The van der Waals surface area contributed by atoms with Crippen LogP contribution >= 0.6 is 24.8 Å². The second-order valence-electron chi connectivity index (χ2n) is 8.69. The van der Waals surface area contributed by atoms with Gasteiger partial charge < -0.3 is 19.7 Å². The summed E-state index contributed by atoms with van der Waals surface area (Å²) in [4.78, 5) is 22.2. The molecule has 0 radical (unpaired) electrons. The molecule has 2 aromatic heterocycles. The SMILES string of the molecule is Cl.Cl.Cn1ccnc1CN(C(=O)c1ccc(N2CCCC2)nn1)C1CC12CCNCC2. The maximum Gasteiger partial charge on any atom is 0.275 e. The summed E-state index contributed by atoms with van der Waals surface area (Å²) in [6, 6.07) is 4.04. The number of nitrogens with zero attached hydrogens (tertiary/aromatic N) is 6. The van der Waals surface area contributed by atoms with E-state index < -0.39 is 0 Å². The minimum Gasteiger partial charge on any atom is -0.355 e. The molecule has 2 aromatic rings. The summed E-state index contributed by atoms with van der Waals surface area (Å²) < 4.78 is 1.99. The molecule has 1 N–H and O–H groups in total. The number of carbonyl (C=O) groups excluding carboxylic acids is 1. The molecule has 1 amide bonds. The highest BCUT2D eigenvalue weighted by Crippen LogP contribution is 2.56. The lowest BCUT2D eigenvalue weighted by molar-refractivity contribution is 0.0678. The standard InChI is InChI=1S/C21H29N7O.2ClH/c1-26-13-10-23-19(26)15-28(17-14-21(17)6-8-22-9-7-21)20(29)16-4-5-18(25-24-16)27-11-2-3-12-27;;/h4-5,10,13,17,22H,2-3,6-9,11-12,14-15H2,1H3;2*1H. The van der Waals surface area contributed by atoms with Gasteiger partial charge in [-0.2, -0.15) is 0 Å². The van der Waals surface area contributed by atoms with Crippen LogP contribution in [0.2, 0.25) is 0 Å². The van der Waals surface area contributed by atoms with Gasteiger partial charge in [0, 0.05) is 38.6 Å². The van der Waals surface area contributed by atoms with E-state index in [2.05, 4.69) is 25.4 Å². The Labute approximate surface area is 195 Å². The lowest BCUT2D eigenvalue weighted by Crippen LogP contribution is -2.40. The minimum atomic E-state index is -0.0334. The number of aryl methyl sites for hydroxylation is 1. The molecular weight excluding hydrogens is 437 g/mol. The summed E-state index contributed by atoms with van der Waals surface area (Å²) in [5, 5.41) is 12.1. The van der Waals surface area contributed by atoms with E-state index in [0.717, 1.165) is 57.1 Å². The number of piperidine rings is 1. The minimum absolute atomic E-state index is 0. The van der Waals surface area contributed by atoms with Gasteiger partial charge in [-0.3, -0.25) is 4.79 Å². The van der Waals surface area contributed by atoms with Crippen molar-refractivity contribution in [2.45, 2.75) is 44.7 Å². The number of nitrogens with one attached hydrogen (secondary N) is 1. The molecule has 1 unspecified atom stereocenters. The molecule has 5 rings (SSSR count). The maximum absolute atomic E-state index is 13.5. The largest absolute Gasteiger partial charge is 0.355 e. The van der Waals surface area contributed by atoms with Crippen molar-refractivity contribution in [2.75, 3.05) is 31.1 Å². The van der Waals surface area contributed by atoms with Gasteiger partial charge in [0.05, 0.1) is 6.54 Å². The highest BCUT2D eigenvalue weighted by Gasteiger charge is 2.58. The fraction of sp³-hybridized carbons (Fsp3) is 0.619. The van der Waals surface area contributed by atoms with E-state index in [4.69, 9.17) is 0 Å². The van der Waals surface area contributed by atoms with E-state index in [0.29, 0.717) is 12.2 Å². The van der Waals surface area contributed by atoms with Crippen molar-refractivity contribution in [1.82, 2.24) is 30.0 Å². The van der Waals surface area contributed by atoms with Crippen LogP contribution in [-0.4, -0.2) is 62.8 Å². The van der Waals surface area contributed by atoms with Gasteiger partial charge in [-0.05, 0) is 62.7 Å². The van der Waals surface area contributed by atoms with Crippen LogP contribution in [0.25, 0.3) is 0 Å². The third kappa shape index (κ3) is 4.66. The maximum atomic E-state index is 13.5. The number of carbonyl (C=O) groups is 1. The molecule has 4 heterocycles. The smallest absolute Gasteiger partial charge is 0.275 e. The Morgan fingerprint density at radius 3 is 2.55 bits per heavy atom. The van der Waals surface area contributed by atoms with Crippen molar-refractivity contribution in [1.29, 1.82) is 0 Å². The molecule has 170 valence electrons. The van der Waals surface area contributed by atoms with E-state index in [1.807, 2.05) is 34.8 Å². The Bertz CT molecular complexity index is 876. The summed E-state index contributed by atoms with van der Waals surface area (Å²) in [7, 11) is 1.98. The molecule has 31 heavy (non-hydrogen) atoms. The third-order valence-corrected chi connectivity index (χ3v) is 6.92. The molecule has 1 saturated carbocycles. The zero-order valence-corrected chi connectivity index (χ0v) is 19.5. The van der Waals surface area contributed by atoms with Crippen molar-refractivity contribution in [2.24, 2.45) is 12.5 Å². The van der Waals surface area contributed by atoms with E-state index in [9.17, 15) is 4.79 Å². The van der Waals surface area contributed by atoms with Crippen LogP contribution in [0, 0.1) is 5.41 Å². The van der Waals surface area contributed by atoms with E-state index in [1.54, 1.807) is 6.20 Å². The van der Waals surface area contributed by atoms with Crippen molar-refractivity contribution in [3.8, 4) is 0 Å². The Morgan fingerprint density at radius 2 is 1.94 bits per heavy atom. The summed E-state index contributed by atoms with van der Waals surface area (Å²) in [5.74, 6) is 1.74. The molecule has 1 aliphatic carbocycles. The average molecular weight is 468 g/mol. The van der Waals surface area contributed by atoms with Crippen molar-refractivity contribution >= 4 is 36.5 Å². The van der Waals surface area contributed by atoms with Crippen molar-refractivity contribution < 1.29 is 4.79 Å². The van der Waals surface area contributed by atoms with Crippen LogP contribution < -0.4 is 10.2 Å². The van der Waals surface area contributed by atoms with E-state index >= 15 is 0 Å². The molecule has 3 fully saturated rings. The third-order valence-electron chi connectivity index (χ3n) is 6.92. The fourth-order valence-corrected chi connectivity index (χ4v) is 4.95. The van der Waals surface area contributed by atoms with Crippen molar-refractivity contribution in [3.63, 3.8) is 0 Å². The normalized spacial score (nSPS) is 21.3. The molecule has 3 aliphatic rings. The lowest BCUT2D eigenvalue weighted by Gasteiger charge is -2.29. The highest BCUT2D eigenvalue weighted by molar-refractivity contribution is 5.92. The fourth-order valence-electron chi connectivity index (χ4n) is 4.95. The van der Waals surface area contributed by atoms with Crippen LogP contribution in [-0.2, 0) is 13.6 Å². The van der Waals surface area contributed by atoms with Gasteiger partial charge >= 0.3 is 0 Å². The highest BCUT2D eigenvalue weighted by atomic mass is 35.5. The topological polar surface area (TPSA) is 79.2 Å². The number of aromatic nitrogens is 4. The van der Waals surface area contributed by atoms with Gasteiger partial charge in [0.15, 0.2) is 11.5 Å². The molecule has 2 aliphatic heterocycles. The number of hydrogen-bond donors (Lipinski definition) is 1. The molecule has 0 aromatic carbocycles. The Balaban J connectivity index is 0.00000136. The van der Waals surface area contributed by atoms with Crippen LogP contribution in [0.5, 0.6) is 0 Å². The molecule has 1 atom stereocenters. The van der Waals surface area contributed by atoms with Crippen LogP contribution in [0.1, 0.15) is 48.4 Å². The summed E-state index contributed by atoms with van der Waals surface area (Å²) in [6.07, 6.45) is 9.43. The first-order chi connectivity index (χ1) is 14.2. The summed E-state index contributed by atoms with van der Waals surface area (Å²) in [5.41, 5.74) is 0.688. The van der Waals surface area contributed by atoms with Gasteiger partial charge in [0.25, 0.3) is 5.91 Å². The average Bonchev–Trinajstić information content (AvgIpc) is 3.11. The number of hydrogen-bond acceptors (Lipinski definition) is 6. The van der Waals surface area contributed by atoms with Crippen LogP contribution in [0.3, 0.4) is 0 Å². The Morgan fingerprint density at radius 1 is 1.19 bits per heavy atom. The van der Waals surface area contributed by atoms with Gasteiger partial charge in [-0.25, -0.2) is 4.98 Å². The van der Waals surface area contributed by atoms with Gasteiger partial charge in [-0.15, -0.1) is 35.0 Å². The number of imidazole rings is 1. The number of rotatable bonds is 5. The molecule has 2 saturated heterocycles. The van der Waals surface area contributed by atoms with E-state index in [-0.39, 0.29) is 42.2 Å². The number of anilines is 1. The van der Waals surface area contributed by atoms with Gasteiger partial charge in [-0.1, -0.05) is 0 Å². The molecule has 1 spiro atoms. The van der Waals surface area contributed by atoms with Crippen LogP contribution in [0.4, 0.5) is 5.82 Å². The molecule has 10 heteroatoms. The number of amides is 1. The molecular formula is C21H31Cl2N7O. The summed E-state index contributed by atoms with van der Waals surface area (Å²) >= 11 is 0. The zero-order valence-electron chi connectivity index (χ0n) is 17.9. The van der Waals surface area contributed by atoms with Gasteiger partial charge in [0.2, 0.25) is 0 Å². The molecule has 8 nitrogen and oxygen atoms in total. The van der Waals surface area contributed by atoms with Crippen LogP contribution in [0.15, 0.2) is 24.5 Å².